The Bertz CT molecular complexity index is 635. The molecule has 1 unspecified atom stereocenters. The second-order valence-corrected chi connectivity index (χ2v) is 7.67. The number of carbonyl (C=O) groups excluding carboxylic acids is 1. The summed E-state index contributed by atoms with van der Waals surface area (Å²) >= 11 is 1.28. The van der Waals surface area contributed by atoms with Crippen LogP contribution in [-0.4, -0.2) is 23.8 Å². The summed E-state index contributed by atoms with van der Waals surface area (Å²) in [7, 11) is 1.37. The van der Waals surface area contributed by atoms with Gasteiger partial charge in [0.1, 0.15) is 11.1 Å². The van der Waals surface area contributed by atoms with Gasteiger partial charge in [0.05, 0.1) is 18.4 Å². The lowest BCUT2D eigenvalue weighted by Crippen LogP contribution is -2.29. The van der Waals surface area contributed by atoms with Gasteiger partial charge < -0.3 is 4.74 Å². The van der Waals surface area contributed by atoms with E-state index in [0.29, 0.717) is 21.9 Å². The molecule has 0 saturated heterocycles. The number of nitrogens with zero attached hydrogens (tertiary/aromatic N) is 2. The van der Waals surface area contributed by atoms with E-state index in [-0.39, 0.29) is 11.7 Å². The van der Waals surface area contributed by atoms with E-state index in [9.17, 15) is 10.1 Å². The molecule has 1 atom stereocenters. The van der Waals surface area contributed by atoms with Crippen LogP contribution in [0, 0.1) is 22.7 Å². The van der Waals surface area contributed by atoms with Crippen molar-refractivity contribution in [1.82, 2.24) is 4.98 Å². The Hall–Kier alpha value is -1.54. The minimum absolute atomic E-state index is 0.183. The quantitative estimate of drug-likeness (QED) is 0.607. The number of thioether (sulfide) groups is 1. The van der Waals surface area contributed by atoms with E-state index in [0.717, 1.165) is 31.4 Å². The van der Waals surface area contributed by atoms with E-state index in [4.69, 9.17) is 0 Å². The van der Waals surface area contributed by atoms with E-state index < -0.39 is 0 Å². The topological polar surface area (TPSA) is 63.0 Å². The standard InChI is InChI=1S/C18H24N2O2S/c1-5-18(2,3)14-6-7-15-12(9-14)8-13(10-19)17(20-15)23-11-16(21)22-4/h8,14H,5-7,9,11H2,1-4H3. The van der Waals surface area contributed by atoms with Crippen LogP contribution in [0.5, 0.6) is 0 Å². The Balaban J connectivity index is 2.23. The van der Waals surface area contributed by atoms with E-state index in [1.807, 2.05) is 6.07 Å². The molecule has 1 heterocycles. The highest BCUT2D eigenvalue weighted by molar-refractivity contribution is 7.99. The van der Waals surface area contributed by atoms with Gasteiger partial charge >= 0.3 is 5.97 Å². The van der Waals surface area contributed by atoms with E-state index in [2.05, 4.69) is 36.6 Å². The van der Waals surface area contributed by atoms with Crippen LogP contribution < -0.4 is 0 Å². The summed E-state index contributed by atoms with van der Waals surface area (Å²) in [5.41, 5.74) is 3.15. The molecule has 0 aliphatic heterocycles. The van der Waals surface area contributed by atoms with E-state index in [1.54, 1.807) is 0 Å². The molecule has 23 heavy (non-hydrogen) atoms. The van der Waals surface area contributed by atoms with Gasteiger partial charge in [-0.15, -0.1) is 0 Å². The zero-order valence-corrected chi connectivity index (χ0v) is 15.1. The summed E-state index contributed by atoms with van der Waals surface area (Å²) in [5, 5.41) is 10.0. The molecule has 0 fully saturated rings. The first kappa shape index (κ1) is 17.8. The molecule has 5 heteroatoms. The fourth-order valence-corrected chi connectivity index (χ4v) is 3.78. The number of ether oxygens (including phenoxy) is 1. The number of carbonyl (C=O) groups is 1. The minimum Gasteiger partial charge on any atom is -0.468 e. The lowest BCUT2D eigenvalue weighted by molar-refractivity contribution is -0.137. The molecule has 0 bridgehead atoms. The van der Waals surface area contributed by atoms with Gasteiger partial charge in [-0.05, 0) is 42.2 Å². The molecular formula is C18H24N2O2S. The predicted molar refractivity (Wildman–Crippen MR) is 91.3 cm³/mol. The van der Waals surface area contributed by atoms with E-state index in [1.165, 1.54) is 24.4 Å². The van der Waals surface area contributed by atoms with Crippen LogP contribution in [0.2, 0.25) is 0 Å². The lowest BCUT2D eigenvalue weighted by atomic mass is 9.69. The fourth-order valence-electron chi connectivity index (χ4n) is 2.98. The van der Waals surface area contributed by atoms with Crippen molar-refractivity contribution in [2.45, 2.75) is 51.5 Å². The van der Waals surface area contributed by atoms with Crippen LogP contribution in [0.15, 0.2) is 11.1 Å². The third-order valence-electron chi connectivity index (χ3n) is 5.04. The fraction of sp³-hybridized carbons (Fsp3) is 0.611. The van der Waals surface area contributed by atoms with Gasteiger partial charge in [0.2, 0.25) is 0 Å². The van der Waals surface area contributed by atoms with Crippen molar-refractivity contribution in [2.24, 2.45) is 11.3 Å². The Kier molecular flexibility index (Phi) is 5.69. The largest absolute Gasteiger partial charge is 0.468 e. The molecule has 0 aromatic carbocycles. The highest BCUT2D eigenvalue weighted by Gasteiger charge is 2.32. The Morgan fingerprint density at radius 1 is 1.57 bits per heavy atom. The molecule has 1 aliphatic rings. The van der Waals surface area contributed by atoms with Crippen molar-refractivity contribution in [3.05, 3.63) is 22.9 Å². The SMILES string of the molecule is CCC(C)(C)C1CCc2nc(SCC(=O)OC)c(C#N)cc2C1. The van der Waals surface area contributed by atoms with Gasteiger partial charge in [-0.2, -0.15) is 5.26 Å². The Labute approximate surface area is 142 Å². The highest BCUT2D eigenvalue weighted by atomic mass is 32.2. The Morgan fingerprint density at radius 3 is 2.91 bits per heavy atom. The molecule has 124 valence electrons. The number of rotatable bonds is 5. The molecule has 2 rings (SSSR count). The first-order valence-corrected chi connectivity index (χ1v) is 9.02. The number of fused-ring (bicyclic) bond motifs is 1. The summed E-state index contributed by atoms with van der Waals surface area (Å²) < 4.78 is 4.65. The van der Waals surface area contributed by atoms with Crippen LogP contribution in [0.3, 0.4) is 0 Å². The minimum atomic E-state index is -0.303. The van der Waals surface area contributed by atoms with Gasteiger partial charge in [-0.25, -0.2) is 4.98 Å². The van der Waals surface area contributed by atoms with Crippen LogP contribution in [0.1, 0.15) is 50.4 Å². The summed E-state index contributed by atoms with van der Waals surface area (Å²) in [6.07, 6.45) is 4.22. The van der Waals surface area contributed by atoms with Crippen molar-refractivity contribution in [1.29, 1.82) is 5.26 Å². The van der Waals surface area contributed by atoms with Crippen molar-refractivity contribution in [3.8, 4) is 6.07 Å². The molecule has 0 N–H and O–H groups in total. The van der Waals surface area contributed by atoms with Gasteiger partial charge in [-0.1, -0.05) is 39.0 Å². The van der Waals surface area contributed by atoms with Crippen LogP contribution in [0.4, 0.5) is 0 Å². The van der Waals surface area contributed by atoms with Crippen molar-refractivity contribution < 1.29 is 9.53 Å². The summed E-state index contributed by atoms with van der Waals surface area (Å²) in [4.78, 5) is 16.0. The molecule has 0 amide bonds. The smallest absolute Gasteiger partial charge is 0.316 e. The van der Waals surface area contributed by atoms with E-state index >= 15 is 0 Å². The second-order valence-electron chi connectivity index (χ2n) is 6.71. The molecule has 1 aromatic rings. The lowest BCUT2D eigenvalue weighted by Gasteiger charge is -2.37. The highest BCUT2D eigenvalue weighted by Crippen LogP contribution is 2.40. The molecule has 4 nitrogen and oxygen atoms in total. The zero-order chi connectivity index (χ0) is 17.0. The molecular weight excluding hydrogens is 308 g/mol. The van der Waals surface area contributed by atoms with Gasteiger partial charge in [-0.3, -0.25) is 4.79 Å². The van der Waals surface area contributed by atoms with Crippen LogP contribution >= 0.6 is 11.8 Å². The second kappa shape index (κ2) is 7.35. The maximum absolute atomic E-state index is 11.3. The first-order chi connectivity index (χ1) is 10.9. The maximum Gasteiger partial charge on any atom is 0.316 e. The third kappa shape index (κ3) is 4.06. The van der Waals surface area contributed by atoms with Crippen LogP contribution in [-0.2, 0) is 22.4 Å². The average Bonchev–Trinajstić information content (AvgIpc) is 2.57. The van der Waals surface area contributed by atoms with Gasteiger partial charge in [0, 0.05) is 5.69 Å². The summed E-state index contributed by atoms with van der Waals surface area (Å²) in [6.45, 7) is 6.88. The Morgan fingerprint density at radius 2 is 2.30 bits per heavy atom. The molecule has 1 aliphatic carbocycles. The normalized spacial score (nSPS) is 17.3. The predicted octanol–water partition coefficient (Wildman–Crippen LogP) is 3.76. The number of nitriles is 1. The number of hydrogen-bond donors (Lipinski definition) is 0. The monoisotopic (exact) mass is 332 g/mol. The number of esters is 1. The molecule has 0 radical (unpaired) electrons. The third-order valence-corrected chi connectivity index (χ3v) is 6.01. The van der Waals surface area contributed by atoms with Crippen molar-refractivity contribution in [3.63, 3.8) is 0 Å². The van der Waals surface area contributed by atoms with Crippen molar-refractivity contribution in [2.75, 3.05) is 12.9 Å². The summed E-state index contributed by atoms with van der Waals surface area (Å²) in [6, 6.07) is 4.19. The number of methoxy groups -OCH3 is 1. The number of hydrogen-bond acceptors (Lipinski definition) is 5. The number of aromatic nitrogens is 1. The average molecular weight is 332 g/mol. The number of aryl methyl sites for hydroxylation is 1. The molecule has 0 spiro atoms. The molecule has 1 aromatic heterocycles. The van der Waals surface area contributed by atoms with Gasteiger partial charge in [0.25, 0.3) is 0 Å². The van der Waals surface area contributed by atoms with Gasteiger partial charge in [0.15, 0.2) is 0 Å². The molecule has 0 saturated carbocycles. The first-order valence-electron chi connectivity index (χ1n) is 8.03. The number of pyridine rings is 1. The van der Waals surface area contributed by atoms with Crippen LogP contribution in [0.25, 0.3) is 0 Å². The summed E-state index contributed by atoms with van der Waals surface area (Å²) in [5.74, 6) is 0.507. The maximum atomic E-state index is 11.3. The zero-order valence-electron chi connectivity index (χ0n) is 14.3. The van der Waals surface area contributed by atoms with Crippen molar-refractivity contribution >= 4 is 17.7 Å².